The summed E-state index contributed by atoms with van der Waals surface area (Å²) in [5.41, 5.74) is -0.321. The Morgan fingerprint density at radius 1 is 1.67 bits per heavy atom. The van der Waals surface area contributed by atoms with Crippen molar-refractivity contribution in [2.45, 2.75) is 0 Å². The van der Waals surface area contributed by atoms with E-state index in [0.717, 1.165) is 4.73 Å². The Morgan fingerprint density at radius 3 is 3.00 bits per heavy atom. The van der Waals surface area contributed by atoms with E-state index in [1.165, 1.54) is 12.3 Å². The van der Waals surface area contributed by atoms with Crippen LogP contribution in [0.1, 0.15) is 0 Å². The van der Waals surface area contributed by atoms with Gasteiger partial charge < -0.3 is 4.84 Å². The summed E-state index contributed by atoms with van der Waals surface area (Å²) in [5.74, 6) is 0. The first kappa shape index (κ1) is 9.25. The SMILES string of the molecule is O=c1cc(Br)ccn1OCCF. The van der Waals surface area contributed by atoms with E-state index >= 15 is 0 Å². The first-order valence-corrected chi connectivity index (χ1v) is 4.11. The molecule has 5 heteroatoms. The molecule has 0 unspecified atom stereocenters. The van der Waals surface area contributed by atoms with Gasteiger partial charge in [-0.15, -0.1) is 0 Å². The first-order chi connectivity index (χ1) is 5.74. The zero-order chi connectivity index (χ0) is 8.97. The number of nitrogens with zero attached hydrogens (tertiary/aromatic N) is 1. The second-order valence-electron chi connectivity index (χ2n) is 2.03. The lowest BCUT2D eigenvalue weighted by atomic mass is 10.5. The minimum Gasteiger partial charge on any atom is -0.408 e. The minimum atomic E-state index is -0.609. The average molecular weight is 236 g/mol. The molecular formula is C7H7BrFNO2. The molecule has 0 aliphatic rings. The lowest BCUT2D eigenvalue weighted by molar-refractivity contribution is 0.0899. The number of halogens is 2. The standard InChI is InChI=1S/C7H7BrFNO2/c8-6-1-3-10(7(11)5-6)12-4-2-9/h1,3,5H,2,4H2. The van der Waals surface area contributed by atoms with Crippen molar-refractivity contribution < 1.29 is 9.23 Å². The van der Waals surface area contributed by atoms with Crippen molar-refractivity contribution in [2.24, 2.45) is 0 Å². The molecule has 0 bridgehead atoms. The molecule has 66 valence electrons. The van der Waals surface area contributed by atoms with E-state index in [2.05, 4.69) is 15.9 Å². The van der Waals surface area contributed by atoms with Crippen LogP contribution in [0.3, 0.4) is 0 Å². The van der Waals surface area contributed by atoms with Gasteiger partial charge in [0.25, 0.3) is 5.56 Å². The van der Waals surface area contributed by atoms with Gasteiger partial charge in [-0.25, -0.2) is 4.39 Å². The molecule has 0 saturated carbocycles. The summed E-state index contributed by atoms with van der Waals surface area (Å²) in [6.45, 7) is -0.718. The Balaban J connectivity index is 2.80. The molecule has 12 heavy (non-hydrogen) atoms. The summed E-state index contributed by atoms with van der Waals surface area (Å²) >= 11 is 3.12. The van der Waals surface area contributed by atoms with Crippen LogP contribution in [-0.2, 0) is 0 Å². The van der Waals surface area contributed by atoms with Gasteiger partial charge in [0.2, 0.25) is 0 Å². The van der Waals surface area contributed by atoms with Crippen LogP contribution in [0.15, 0.2) is 27.6 Å². The Morgan fingerprint density at radius 2 is 2.42 bits per heavy atom. The van der Waals surface area contributed by atoms with Crippen molar-refractivity contribution in [2.75, 3.05) is 13.3 Å². The maximum atomic E-state index is 11.6. The lowest BCUT2D eigenvalue weighted by Gasteiger charge is -2.04. The van der Waals surface area contributed by atoms with E-state index in [0.29, 0.717) is 4.47 Å². The summed E-state index contributed by atoms with van der Waals surface area (Å²) in [7, 11) is 0. The van der Waals surface area contributed by atoms with E-state index in [1.807, 2.05) is 0 Å². The predicted molar refractivity (Wildman–Crippen MR) is 45.8 cm³/mol. The summed E-state index contributed by atoms with van der Waals surface area (Å²) < 4.78 is 13.3. The number of hydrogen-bond donors (Lipinski definition) is 0. The first-order valence-electron chi connectivity index (χ1n) is 3.31. The van der Waals surface area contributed by atoms with Gasteiger partial charge in [-0.3, -0.25) is 4.79 Å². The molecule has 0 N–H and O–H groups in total. The van der Waals surface area contributed by atoms with Gasteiger partial charge in [0.1, 0.15) is 13.3 Å². The fourth-order valence-electron chi connectivity index (χ4n) is 0.682. The summed E-state index contributed by atoms with van der Waals surface area (Å²) in [5, 5.41) is 0. The number of hydrogen-bond acceptors (Lipinski definition) is 2. The van der Waals surface area contributed by atoms with E-state index < -0.39 is 6.67 Å². The smallest absolute Gasteiger partial charge is 0.284 e. The summed E-state index contributed by atoms with van der Waals surface area (Å²) in [6.07, 6.45) is 1.43. The number of alkyl halides is 1. The molecule has 0 spiro atoms. The van der Waals surface area contributed by atoms with E-state index in [1.54, 1.807) is 6.07 Å². The molecule has 1 rings (SSSR count). The van der Waals surface area contributed by atoms with Crippen LogP contribution < -0.4 is 10.4 Å². The Labute approximate surface area is 76.9 Å². The molecule has 0 aliphatic heterocycles. The van der Waals surface area contributed by atoms with Crippen LogP contribution in [0, 0.1) is 0 Å². The van der Waals surface area contributed by atoms with Crippen LogP contribution in [0.4, 0.5) is 4.39 Å². The molecular weight excluding hydrogens is 229 g/mol. The normalized spacial score (nSPS) is 9.83. The zero-order valence-electron chi connectivity index (χ0n) is 6.17. The molecule has 1 heterocycles. The minimum absolute atomic E-state index is 0.110. The van der Waals surface area contributed by atoms with E-state index in [9.17, 15) is 9.18 Å². The fourth-order valence-corrected chi connectivity index (χ4v) is 0.996. The number of pyridine rings is 1. The van der Waals surface area contributed by atoms with Crippen LogP contribution in [0.25, 0.3) is 0 Å². The molecule has 0 amide bonds. The molecule has 1 aromatic rings. The van der Waals surface area contributed by atoms with E-state index in [-0.39, 0.29) is 12.2 Å². The van der Waals surface area contributed by atoms with Gasteiger partial charge >= 0.3 is 0 Å². The largest absolute Gasteiger partial charge is 0.408 e. The van der Waals surface area contributed by atoms with Crippen molar-refractivity contribution in [3.63, 3.8) is 0 Å². The van der Waals surface area contributed by atoms with Gasteiger partial charge in [-0.1, -0.05) is 15.9 Å². The van der Waals surface area contributed by atoms with Crippen LogP contribution in [0.2, 0.25) is 0 Å². The van der Waals surface area contributed by atoms with Gasteiger partial charge in [0, 0.05) is 16.7 Å². The van der Waals surface area contributed by atoms with E-state index in [4.69, 9.17) is 4.84 Å². The van der Waals surface area contributed by atoms with Crippen molar-refractivity contribution in [1.82, 2.24) is 4.73 Å². The molecule has 0 aliphatic carbocycles. The van der Waals surface area contributed by atoms with Crippen LogP contribution in [0.5, 0.6) is 0 Å². The van der Waals surface area contributed by atoms with Crippen molar-refractivity contribution in [3.8, 4) is 0 Å². The molecule has 0 atom stereocenters. The molecule has 1 aromatic heterocycles. The second-order valence-corrected chi connectivity index (χ2v) is 2.95. The molecule has 0 aromatic carbocycles. The highest BCUT2D eigenvalue weighted by Gasteiger charge is 1.95. The number of rotatable bonds is 3. The molecule has 0 radical (unpaired) electrons. The Bertz CT molecular complexity index is 313. The second kappa shape index (κ2) is 4.25. The Kier molecular flexibility index (Phi) is 3.28. The van der Waals surface area contributed by atoms with Crippen LogP contribution >= 0.6 is 15.9 Å². The maximum absolute atomic E-state index is 11.6. The highest BCUT2D eigenvalue weighted by atomic mass is 79.9. The summed E-state index contributed by atoms with van der Waals surface area (Å²) in [4.78, 5) is 15.8. The number of aromatic nitrogens is 1. The monoisotopic (exact) mass is 235 g/mol. The molecule has 3 nitrogen and oxygen atoms in total. The zero-order valence-corrected chi connectivity index (χ0v) is 7.75. The third kappa shape index (κ3) is 2.34. The van der Waals surface area contributed by atoms with Crippen molar-refractivity contribution in [3.05, 3.63) is 33.2 Å². The van der Waals surface area contributed by atoms with Gasteiger partial charge in [0.05, 0.1) is 0 Å². The highest BCUT2D eigenvalue weighted by molar-refractivity contribution is 9.10. The van der Waals surface area contributed by atoms with Crippen molar-refractivity contribution in [1.29, 1.82) is 0 Å². The lowest BCUT2D eigenvalue weighted by Crippen LogP contribution is -2.26. The summed E-state index contributed by atoms with van der Waals surface area (Å²) in [6, 6.07) is 2.98. The van der Waals surface area contributed by atoms with Gasteiger partial charge in [0.15, 0.2) is 0 Å². The maximum Gasteiger partial charge on any atom is 0.284 e. The third-order valence-corrected chi connectivity index (χ3v) is 1.65. The average Bonchev–Trinajstić information content (AvgIpc) is 2.03. The third-order valence-electron chi connectivity index (χ3n) is 1.16. The molecule has 0 fully saturated rings. The van der Waals surface area contributed by atoms with Gasteiger partial charge in [-0.2, -0.15) is 4.73 Å². The predicted octanol–water partition coefficient (Wildman–Crippen LogP) is 1.01. The Hall–Kier alpha value is -0.840. The van der Waals surface area contributed by atoms with Crippen molar-refractivity contribution >= 4 is 15.9 Å². The fraction of sp³-hybridized carbons (Fsp3) is 0.286. The highest BCUT2D eigenvalue weighted by Crippen LogP contribution is 2.02. The van der Waals surface area contributed by atoms with Crippen LogP contribution in [-0.4, -0.2) is 18.0 Å². The van der Waals surface area contributed by atoms with Gasteiger partial charge in [-0.05, 0) is 6.07 Å². The quantitative estimate of drug-likeness (QED) is 0.784. The molecule has 0 saturated heterocycles. The topological polar surface area (TPSA) is 31.2 Å².